The first-order chi connectivity index (χ1) is 14.9. The highest BCUT2D eigenvalue weighted by Crippen LogP contribution is 2.25. The molecule has 1 fully saturated rings. The molecule has 4 rings (SSSR count). The van der Waals surface area contributed by atoms with Gasteiger partial charge in [0, 0.05) is 32.1 Å². The van der Waals surface area contributed by atoms with Gasteiger partial charge >= 0.3 is 6.03 Å². The van der Waals surface area contributed by atoms with Gasteiger partial charge < -0.3 is 15.5 Å². The summed E-state index contributed by atoms with van der Waals surface area (Å²) in [7, 11) is 0. The largest absolute Gasteiger partial charge is 0.338 e. The van der Waals surface area contributed by atoms with E-state index in [0.717, 1.165) is 16.9 Å². The van der Waals surface area contributed by atoms with Crippen molar-refractivity contribution < 1.29 is 19.2 Å². The molecule has 160 valence electrons. The maximum absolute atomic E-state index is 12.8. The zero-order valence-corrected chi connectivity index (χ0v) is 17.3. The Balaban J connectivity index is 1.37. The zero-order valence-electron chi connectivity index (χ0n) is 17.3. The molecule has 2 aliphatic heterocycles. The Morgan fingerprint density at radius 1 is 1.10 bits per heavy atom. The van der Waals surface area contributed by atoms with Crippen molar-refractivity contribution in [2.24, 2.45) is 0 Å². The van der Waals surface area contributed by atoms with Gasteiger partial charge in [-0.25, -0.2) is 9.69 Å². The first-order valence-corrected chi connectivity index (χ1v) is 10.3. The van der Waals surface area contributed by atoms with Gasteiger partial charge in [0.2, 0.25) is 11.8 Å². The van der Waals surface area contributed by atoms with Crippen LogP contribution in [0.3, 0.4) is 0 Å². The number of hydrogen-bond donors (Lipinski definition) is 2. The topological polar surface area (TPSA) is 98.8 Å². The molecule has 0 radical (unpaired) electrons. The molecule has 2 aliphatic rings. The van der Waals surface area contributed by atoms with Crippen LogP contribution in [0.4, 0.5) is 16.2 Å². The number of carbonyl (C=O) groups excluding carboxylic acids is 4. The number of fused-ring (bicyclic) bond motifs is 1. The summed E-state index contributed by atoms with van der Waals surface area (Å²) >= 11 is 0. The second kappa shape index (κ2) is 8.59. The van der Waals surface area contributed by atoms with E-state index in [-0.39, 0.29) is 24.7 Å². The number of rotatable bonds is 5. The zero-order chi connectivity index (χ0) is 22.0. The molecule has 0 aliphatic carbocycles. The molecule has 8 heteroatoms. The average molecular weight is 420 g/mol. The van der Waals surface area contributed by atoms with Crippen LogP contribution in [0.2, 0.25) is 0 Å². The van der Waals surface area contributed by atoms with Gasteiger partial charge in [-0.15, -0.1) is 0 Å². The summed E-state index contributed by atoms with van der Waals surface area (Å²) in [5.41, 5.74) is 3.28. The predicted octanol–water partition coefficient (Wildman–Crippen LogP) is 2.43. The highest BCUT2D eigenvalue weighted by Gasteiger charge is 2.39. The summed E-state index contributed by atoms with van der Waals surface area (Å²) < 4.78 is 0. The summed E-state index contributed by atoms with van der Waals surface area (Å²) in [4.78, 5) is 52.1. The van der Waals surface area contributed by atoms with Crippen molar-refractivity contribution in [2.75, 3.05) is 16.8 Å². The highest BCUT2D eigenvalue weighted by molar-refractivity contribution is 6.21. The molecule has 0 bridgehead atoms. The van der Waals surface area contributed by atoms with Crippen LogP contribution >= 0.6 is 0 Å². The molecule has 8 nitrogen and oxygen atoms in total. The molecule has 1 atom stereocenters. The lowest BCUT2D eigenvalue weighted by Crippen LogP contribution is -2.37. The van der Waals surface area contributed by atoms with E-state index < -0.39 is 18.0 Å². The van der Waals surface area contributed by atoms with Crippen LogP contribution in [0.15, 0.2) is 48.5 Å². The molecule has 0 spiro atoms. The molecule has 2 N–H and O–H groups in total. The smallest absolute Gasteiger partial charge is 0.329 e. The van der Waals surface area contributed by atoms with Gasteiger partial charge in [0.25, 0.3) is 5.91 Å². The van der Waals surface area contributed by atoms with Crippen molar-refractivity contribution in [1.82, 2.24) is 10.2 Å². The Morgan fingerprint density at radius 3 is 2.65 bits per heavy atom. The third kappa shape index (κ3) is 4.42. The number of benzene rings is 2. The quantitative estimate of drug-likeness (QED) is 0.726. The standard InChI is InChI=1S/C23H24N4O4/c1-15(28)24-18-7-4-8-19(13-18)27-22(30)20(25-23(27)31)9-10-21(29)26-12-11-16-5-2-3-6-17(16)14-26/h2-8,13,20H,9-12,14H2,1H3,(H,24,28)(H,25,31). The van der Waals surface area contributed by atoms with Crippen LogP contribution in [-0.2, 0) is 27.3 Å². The fourth-order valence-corrected chi connectivity index (χ4v) is 4.03. The fourth-order valence-electron chi connectivity index (χ4n) is 4.03. The minimum Gasteiger partial charge on any atom is -0.338 e. The number of nitrogens with one attached hydrogen (secondary N) is 2. The van der Waals surface area contributed by atoms with Crippen molar-refractivity contribution in [3.63, 3.8) is 0 Å². The number of nitrogens with zero attached hydrogens (tertiary/aromatic N) is 2. The van der Waals surface area contributed by atoms with E-state index in [1.165, 1.54) is 12.5 Å². The molecule has 1 saturated heterocycles. The van der Waals surface area contributed by atoms with Gasteiger partial charge in [0.1, 0.15) is 6.04 Å². The van der Waals surface area contributed by atoms with Crippen LogP contribution in [0.25, 0.3) is 0 Å². The van der Waals surface area contributed by atoms with Gasteiger partial charge in [-0.05, 0) is 42.2 Å². The molecular weight excluding hydrogens is 396 g/mol. The Labute approximate surface area is 180 Å². The van der Waals surface area contributed by atoms with Crippen LogP contribution in [0.5, 0.6) is 0 Å². The number of carbonyl (C=O) groups is 4. The molecule has 5 amide bonds. The third-order valence-corrected chi connectivity index (χ3v) is 5.57. The molecule has 0 aromatic heterocycles. The number of amides is 5. The van der Waals surface area contributed by atoms with Crippen LogP contribution in [0.1, 0.15) is 30.9 Å². The molecule has 0 saturated carbocycles. The molecule has 2 aromatic carbocycles. The van der Waals surface area contributed by atoms with E-state index >= 15 is 0 Å². The Bertz CT molecular complexity index is 1050. The lowest BCUT2D eigenvalue weighted by molar-refractivity contribution is -0.132. The molecule has 2 aromatic rings. The van der Waals surface area contributed by atoms with E-state index in [1.807, 2.05) is 18.2 Å². The number of imide groups is 1. The van der Waals surface area contributed by atoms with E-state index in [9.17, 15) is 19.2 Å². The Hall–Kier alpha value is -3.68. The van der Waals surface area contributed by atoms with Crippen molar-refractivity contribution >= 4 is 35.1 Å². The SMILES string of the molecule is CC(=O)Nc1cccc(N2C(=O)NC(CCC(=O)N3CCc4ccccc4C3)C2=O)c1. The van der Waals surface area contributed by atoms with Crippen molar-refractivity contribution in [1.29, 1.82) is 0 Å². The summed E-state index contributed by atoms with van der Waals surface area (Å²) in [5, 5.41) is 5.30. The number of anilines is 2. The molecule has 2 heterocycles. The third-order valence-electron chi connectivity index (χ3n) is 5.57. The average Bonchev–Trinajstić information content (AvgIpc) is 3.04. The highest BCUT2D eigenvalue weighted by atomic mass is 16.2. The van der Waals surface area contributed by atoms with Crippen molar-refractivity contribution in [2.45, 2.75) is 38.8 Å². The second-order valence-electron chi connectivity index (χ2n) is 7.78. The number of urea groups is 1. The van der Waals surface area contributed by atoms with Gasteiger partial charge in [0.05, 0.1) is 5.69 Å². The second-order valence-corrected chi connectivity index (χ2v) is 7.78. The van der Waals surface area contributed by atoms with E-state index in [0.29, 0.717) is 24.5 Å². The van der Waals surface area contributed by atoms with Gasteiger partial charge in [0.15, 0.2) is 0 Å². The van der Waals surface area contributed by atoms with E-state index in [1.54, 1.807) is 29.2 Å². The first kappa shape index (κ1) is 20.6. The predicted molar refractivity (Wildman–Crippen MR) is 115 cm³/mol. The maximum atomic E-state index is 12.8. The van der Waals surface area contributed by atoms with Gasteiger partial charge in [-0.3, -0.25) is 14.4 Å². The van der Waals surface area contributed by atoms with Crippen LogP contribution in [-0.4, -0.2) is 41.2 Å². The minimum atomic E-state index is -0.752. The number of hydrogen-bond acceptors (Lipinski definition) is 4. The van der Waals surface area contributed by atoms with E-state index in [4.69, 9.17) is 0 Å². The minimum absolute atomic E-state index is 0.0253. The normalized spacial score (nSPS) is 17.9. The fraction of sp³-hybridized carbons (Fsp3) is 0.304. The lowest BCUT2D eigenvalue weighted by atomic mass is 9.99. The summed E-state index contributed by atoms with van der Waals surface area (Å²) in [5.74, 6) is -0.671. The Morgan fingerprint density at radius 2 is 1.87 bits per heavy atom. The van der Waals surface area contributed by atoms with Gasteiger partial charge in [-0.1, -0.05) is 30.3 Å². The van der Waals surface area contributed by atoms with Crippen molar-refractivity contribution in [3.8, 4) is 0 Å². The lowest BCUT2D eigenvalue weighted by Gasteiger charge is -2.29. The Kier molecular flexibility index (Phi) is 5.70. The maximum Gasteiger partial charge on any atom is 0.329 e. The molecular formula is C23H24N4O4. The van der Waals surface area contributed by atoms with Crippen molar-refractivity contribution in [3.05, 3.63) is 59.7 Å². The van der Waals surface area contributed by atoms with Crippen LogP contribution < -0.4 is 15.5 Å². The van der Waals surface area contributed by atoms with Crippen LogP contribution in [0, 0.1) is 0 Å². The summed E-state index contributed by atoms with van der Waals surface area (Å²) in [6, 6.07) is 13.3. The van der Waals surface area contributed by atoms with E-state index in [2.05, 4.69) is 16.7 Å². The first-order valence-electron chi connectivity index (χ1n) is 10.3. The summed E-state index contributed by atoms with van der Waals surface area (Å²) in [6.45, 7) is 2.61. The van der Waals surface area contributed by atoms with Gasteiger partial charge in [-0.2, -0.15) is 0 Å². The summed E-state index contributed by atoms with van der Waals surface area (Å²) in [6.07, 6.45) is 1.24. The molecule has 31 heavy (non-hydrogen) atoms. The molecule has 1 unspecified atom stereocenters. The monoisotopic (exact) mass is 420 g/mol.